The van der Waals surface area contributed by atoms with Crippen molar-refractivity contribution in [3.05, 3.63) is 33.4 Å². The van der Waals surface area contributed by atoms with Crippen molar-refractivity contribution in [2.24, 2.45) is 5.84 Å². The molecule has 0 amide bonds. The Bertz CT molecular complexity index is 304. The van der Waals surface area contributed by atoms with Gasteiger partial charge in [0.2, 0.25) is 0 Å². The first-order valence-corrected chi connectivity index (χ1v) is 6.04. The van der Waals surface area contributed by atoms with Crippen LogP contribution in [-0.2, 0) is 4.74 Å². The van der Waals surface area contributed by atoms with E-state index in [0.29, 0.717) is 6.61 Å². The van der Waals surface area contributed by atoms with Gasteiger partial charge in [0, 0.05) is 3.57 Å². The van der Waals surface area contributed by atoms with E-state index < -0.39 is 0 Å². The largest absolute Gasteiger partial charge is 0.377 e. The predicted molar refractivity (Wildman–Crippen MR) is 70.3 cm³/mol. The summed E-state index contributed by atoms with van der Waals surface area (Å²) in [5.74, 6) is 5.51. The van der Waals surface area contributed by atoms with E-state index in [1.165, 1.54) is 3.57 Å². The van der Waals surface area contributed by atoms with Crippen LogP contribution in [0.2, 0.25) is 0 Å². The van der Waals surface area contributed by atoms with Gasteiger partial charge in [-0.25, -0.2) is 0 Å². The Labute approximate surface area is 104 Å². The molecule has 1 rings (SSSR count). The summed E-state index contributed by atoms with van der Waals surface area (Å²) >= 11 is 2.29. The van der Waals surface area contributed by atoms with E-state index in [0.717, 1.165) is 5.56 Å². The van der Waals surface area contributed by atoms with Crippen molar-refractivity contribution in [2.75, 3.05) is 6.61 Å². The second-order valence-corrected chi connectivity index (χ2v) is 4.90. The molecule has 0 saturated carbocycles. The molecular weight excluding hydrogens is 303 g/mol. The minimum absolute atomic E-state index is 0.0575. The second-order valence-electron chi connectivity index (χ2n) is 3.66. The Morgan fingerprint density at radius 1 is 1.47 bits per heavy atom. The molecule has 3 nitrogen and oxygen atoms in total. The first kappa shape index (κ1) is 12.9. The fourth-order valence-electron chi connectivity index (χ4n) is 1.25. The van der Waals surface area contributed by atoms with E-state index in [1.807, 2.05) is 19.9 Å². The maximum absolute atomic E-state index is 5.54. The molecule has 1 aromatic rings. The molecule has 0 spiro atoms. The molecule has 0 bridgehead atoms. The van der Waals surface area contributed by atoms with Gasteiger partial charge in [-0.2, -0.15) is 0 Å². The maximum atomic E-state index is 5.54. The van der Waals surface area contributed by atoms with Gasteiger partial charge < -0.3 is 4.74 Å². The van der Waals surface area contributed by atoms with Crippen LogP contribution in [0.5, 0.6) is 0 Å². The molecule has 0 heterocycles. The molecule has 4 heteroatoms. The van der Waals surface area contributed by atoms with Crippen LogP contribution >= 0.6 is 22.6 Å². The lowest BCUT2D eigenvalue weighted by Crippen LogP contribution is -2.32. The standard InChI is InChI=1S/C11H17IN2O/c1-8(2)15-7-11(14-13)9-4-3-5-10(12)6-9/h3-6,8,11,14H,7,13H2,1-2H3. The zero-order chi connectivity index (χ0) is 11.3. The van der Waals surface area contributed by atoms with Gasteiger partial charge in [-0.3, -0.25) is 11.3 Å². The number of halogens is 1. The van der Waals surface area contributed by atoms with Gasteiger partial charge in [-0.1, -0.05) is 12.1 Å². The van der Waals surface area contributed by atoms with Crippen LogP contribution in [0.25, 0.3) is 0 Å². The van der Waals surface area contributed by atoms with Crippen molar-refractivity contribution in [2.45, 2.75) is 26.0 Å². The normalized spacial score (nSPS) is 13.1. The molecule has 1 atom stereocenters. The van der Waals surface area contributed by atoms with Crippen molar-refractivity contribution >= 4 is 22.6 Å². The Balaban J connectivity index is 2.65. The van der Waals surface area contributed by atoms with E-state index in [-0.39, 0.29) is 12.1 Å². The molecule has 0 aromatic heterocycles. The number of benzene rings is 1. The lowest BCUT2D eigenvalue weighted by molar-refractivity contribution is 0.0611. The van der Waals surface area contributed by atoms with Crippen molar-refractivity contribution < 1.29 is 4.74 Å². The molecule has 1 aromatic carbocycles. The SMILES string of the molecule is CC(C)OCC(NN)c1cccc(I)c1. The van der Waals surface area contributed by atoms with Gasteiger partial charge in [0.1, 0.15) is 0 Å². The molecule has 0 radical (unpaired) electrons. The van der Waals surface area contributed by atoms with Gasteiger partial charge in [0.25, 0.3) is 0 Å². The van der Waals surface area contributed by atoms with Crippen molar-refractivity contribution in [3.8, 4) is 0 Å². The molecule has 0 aliphatic carbocycles. The molecule has 0 fully saturated rings. The maximum Gasteiger partial charge on any atom is 0.0694 e. The minimum atomic E-state index is 0.0575. The Hall–Kier alpha value is -0.170. The summed E-state index contributed by atoms with van der Waals surface area (Å²) in [4.78, 5) is 0. The molecule has 0 saturated heterocycles. The van der Waals surface area contributed by atoms with E-state index in [1.54, 1.807) is 0 Å². The van der Waals surface area contributed by atoms with Crippen molar-refractivity contribution in [1.29, 1.82) is 0 Å². The number of nitrogens with two attached hydrogens (primary N) is 1. The zero-order valence-electron chi connectivity index (χ0n) is 9.03. The number of hydrazine groups is 1. The molecule has 15 heavy (non-hydrogen) atoms. The number of nitrogens with one attached hydrogen (secondary N) is 1. The molecule has 3 N–H and O–H groups in total. The quantitative estimate of drug-likeness (QED) is 0.497. The number of rotatable bonds is 5. The molecule has 0 aliphatic heterocycles. The van der Waals surface area contributed by atoms with Crippen LogP contribution in [0.3, 0.4) is 0 Å². The molecule has 84 valence electrons. The van der Waals surface area contributed by atoms with Crippen LogP contribution in [0.15, 0.2) is 24.3 Å². The Kier molecular flexibility index (Phi) is 5.52. The lowest BCUT2D eigenvalue weighted by atomic mass is 10.1. The van der Waals surface area contributed by atoms with Crippen LogP contribution in [0.1, 0.15) is 25.5 Å². The zero-order valence-corrected chi connectivity index (χ0v) is 11.2. The molecular formula is C11H17IN2O. The summed E-state index contributed by atoms with van der Waals surface area (Å²) in [6, 6.07) is 8.30. The van der Waals surface area contributed by atoms with E-state index in [4.69, 9.17) is 10.6 Å². The summed E-state index contributed by atoms with van der Waals surface area (Å²) in [6.07, 6.45) is 0.226. The minimum Gasteiger partial charge on any atom is -0.377 e. The van der Waals surface area contributed by atoms with Crippen LogP contribution in [0.4, 0.5) is 0 Å². The topological polar surface area (TPSA) is 47.3 Å². The lowest BCUT2D eigenvalue weighted by Gasteiger charge is -2.18. The van der Waals surface area contributed by atoms with Gasteiger partial charge in [-0.05, 0) is 54.1 Å². The Morgan fingerprint density at radius 2 is 2.20 bits per heavy atom. The second kappa shape index (κ2) is 6.42. The van der Waals surface area contributed by atoms with Crippen molar-refractivity contribution in [3.63, 3.8) is 0 Å². The summed E-state index contributed by atoms with van der Waals surface area (Å²) in [7, 11) is 0. The highest BCUT2D eigenvalue weighted by molar-refractivity contribution is 14.1. The van der Waals surface area contributed by atoms with Gasteiger partial charge in [-0.15, -0.1) is 0 Å². The van der Waals surface area contributed by atoms with Crippen LogP contribution < -0.4 is 11.3 Å². The summed E-state index contributed by atoms with van der Waals surface area (Å²) < 4.78 is 6.75. The summed E-state index contributed by atoms with van der Waals surface area (Å²) in [5.41, 5.74) is 3.93. The fourth-order valence-corrected chi connectivity index (χ4v) is 1.82. The third-order valence-electron chi connectivity index (χ3n) is 2.05. The predicted octanol–water partition coefficient (Wildman–Crippen LogP) is 2.22. The Morgan fingerprint density at radius 3 is 2.73 bits per heavy atom. The van der Waals surface area contributed by atoms with E-state index >= 15 is 0 Å². The van der Waals surface area contributed by atoms with Crippen LogP contribution in [0, 0.1) is 3.57 Å². The average Bonchev–Trinajstić information content (AvgIpc) is 2.18. The highest BCUT2D eigenvalue weighted by Gasteiger charge is 2.10. The smallest absolute Gasteiger partial charge is 0.0694 e. The fraction of sp³-hybridized carbons (Fsp3) is 0.455. The molecule has 0 aliphatic rings. The van der Waals surface area contributed by atoms with Gasteiger partial charge in [0.15, 0.2) is 0 Å². The molecule has 1 unspecified atom stereocenters. The van der Waals surface area contributed by atoms with Gasteiger partial charge >= 0.3 is 0 Å². The number of hydrogen-bond acceptors (Lipinski definition) is 3. The number of ether oxygens (including phenoxy) is 1. The third-order valence-corrected chi connectivity index (χ3v) is 2.72. The monoisotopic (exact) mass is 320 g/mol. The number of hydrogen-bond donors (Lipinski definition) is 2. The average molecular weight is 320 g/mol. The van der Waals surface area contributed by atoms with Gasteiger partial charge in [0.05, 0.1) is 18.8 Å². The highest BCUT2D eigenvalue weighted by Crippen LogP contribution is 2.16. The van der Waals surface area contributed by atoms with E-state index in [2.05, 4.69) is 46.2 Å². The summed E-state index contributed by atoms with van der Waals surface area (Å²) in [6.45, 7) is 4.62. The summed E-state index contributed by atoms with van der Waals surface area (Å²) in [5, 5.41) is 0. The van der Waals surface area contributed by atoms with Crippen LogP contribution in [-0.4, -0.2) is 12.7 Å². The van der Waals surface area contributed by atoms with Crippen molar-refractivity contribution in [1.82, 2.24) is 5.43 Å². The highest BCUT2D eigenvalue weighted by atomic mass is 127. The van der Waals surface area contributed by atoms with E-state index in [9.17, 15) is 0 Å². The first-order chi connectivity index (χ1) is 7.13. The first-order valence-electron chi connectivity index (χ1n) is 4.96. The third kappa shape index (κ3) is 4.46.